The molecule has 0 saturated heterocycles. The number of ether oxygens (including phenoxy) is 1. The van der Waals surface area contributed by atoms with Gasteiger partial charge in [-0.2, -0.15) is 0 Å². The highest BCUT2D eigenvalue weighted by atomic mass is 16.5. The van der Waals surface area contributed by atoms with Gasteiger partial charge in [0.25, 0.3) is 0 Å². The van der Waals surface area contributed by atoms with Gasteiger partial charge >= 0.3 is 0 Å². The molecule has 1 amide bonds. The van der Waals surface area contributed by atoms with Crippen LogP contribution in [0.3, 0.4) is 0 Å². The smallest absolute Gasteiger partial charge is 0.223 e. The van der Waals surface area contributed by atoms with E-state index < -0.39 is 0 Å². The number of aryl methyl sites for hydroxylation is 1. The summed E-state index contributed by atoms with van der Waals surface area (Å²) in [5.74, 6) is 1.04. The van der Waals surface area contributed by atoms with E-state index in [2.05, 4.69) is 5.32 Å². The van der Waals surface area contributed by atoms with Crippen molar-refractivity contribution in [1.82, 2.24) is 5.32 Å². The van der Waals surface area contributed by atoms with Crippen LogP contribution < -0.4 is 10.1 Å². The van der Waals surface area contributed by atoms with Crippen molar-refractivity contribution in [3.8, 4) is 5.75 Å². The Balaban J connectivity index is 1.68. The van der Waals surface area contributed by atoms with Crippen LogP contribution in [0, 0.1) is 19.8 Å². The number of aliphatic hydroxyl groups excluding tert-OH is 1. The van der Waals surface area contributed by atoms with Gasteiger partial charge < -0.3 is 15.2 Å². The molecule has 116 valence electrons. The topological polar surface area (TPSA) is 58.6 Å². The molecule has 4 heteroatoms. The summed E-state index contributed by atoms with van der Waals surface area (Å²) >= 11 is 0. The monoisotopic (exact) mass is 291 g/mol. The Morgan fingerprint density at radius 2 is 2.19 bits per heavy atom. The lowest BCUT2D eigenvalue weighted by atomic mass is 10.1. The molecule has 4 nitrogen and oxygen atoms in total. The van der Waals surface area contributed by atoms with Crippen molar-refractivity contribution in [2.45, 2.75) is 45.6 Å². The first-order valence-electron chi connectivity index (χ1n) is 7.71. The Bertz CT molecular complexity index is 487. The average molecular weight is 291 g/mol. The molecule has 0 aromatic heterocycles. The van der Waals surface area contributed by atoms with Gasteiger partial charge in [0.1, 0.15) is 5.75 Å². The predicted octanol–water partition coefficient (Wildman–Crippen LogP) is 2.35. The highest BCUT2D eigenvalue weighted by molar-refractivity contribution is 5.76. The molecule has 2 N–H and O–H groups in total. The fourth-order valence-corrected chi connectivity index (χ4v) is 2.72. The average Bonchev–Trinajstić information content (AvgIpc) is 2.87. The lowest BCUT2D eigenvalue weighted by molar-refractivity contribution is -0.121. The SMILES string of the molecule is Cc1cccc(OCCC(=O)NCC2CCCC2O)c1C. The number of benzene rings is 1. The van der Waals surface area contributed by atoms with Crippen molar-refractivity contribution < 1.29 is 14.6 Å². The van der Waals surface area contributed by atoms with Crippen LogP contribution in [0.25, 0.3) is 0 Å². The zero-order chi connectivity index (χ0) is 15.2. The van der Waals surface area contributed by atoms with Crippen LogP contribution in [-0.4, -0.2) is 30.3 Å². The summed E-state index contributed by atoms with van der Waals surface area (Å²) in [5.41, 5.74) is 2.30. The van der Waals surface area contributed by atoms with Crippen LogP contribution in [0.1, 0.15) is 36.8 Å². The van der Waals surface area contributed by atoms with Crippen LogP contribution >= 0.6 is 0 Å². The molecule has 0 bridgehead atoms. The maximum atomic E-state index is 11.8. The minimum absolute atomic E-state index is 0.0144. The summed E-state index contributed by atoms with van der Waals surface area (Å²) in [7, 11) is 0. The van der Waals surface area contributed by atoms with Crippen LogP contribution in [0.2, 0.25) is 0 Å². The zero-order valence-electron chi connectivity index (χ0n) is 12.9. The van der Waals surface area contributed by atoms with Gasteiger partial charge in [-0.1, -0.05) is 18.6 Å². The lowest BCUT2D eigenvalue weighted by Gasteiger charge is -2.15. The van der Waals surface area contributed by atoms with Crippen LogP contribution in [-0.2, 0) is 4.79 Å². The fraction of sp³-hybridized carbons (Fsp3) is 0.588. The third-order valence-electron chi connectivity index (χ3n) is 4.32. The molecular formula is C17H25NO3. The number of rotatable bonds is 6. The number of aliphatic hydroxyl groups is 1. The molecule has 1 aliphatic carbocycles. The molecular weight excluding hydrogens is 266 g/mol. The highest BCUT2D eigenvalue weighted by Crippen LogP contribution is 2.24. The van der Waals surface area contributed by atoms with Crippen molar-refractivity contribution in [2.24, 2.45) is 5.92 Å². The van der Waals surface area contributed by atoms with Crippen molar-refractivity contribution in [3.05, 3.63) is 29.3 Å². The first-order chi connectivity index (χ1) is 10.1. The van der Waals surface area contributed by atoms with E-state index in [1.807, 2.05) is 32.0 Å². The molecule has 1 saturated carbocycles. The maximum Gasteiger partial charge on any atom is 0.223 e. The normalized spacial score (nSPS) is 21.3. The molecule has 1 aromatic rings. The summed E-state index contributed by atoms with van der Waals surface area (Å²) < 4.78 is 5.67. The summed E-state index contributed by atoms with van der Waals surface area (Å²) in [4.78, 5) is 11.8. The highest BCUT2D eigenvalue weighted by Gasteiger charge is 2.25. The predicted molar refractivity (Wildman–Crippen MR) is 82.4 cm³/mol. The van der Waals surface area contributed by atoms with Crippen molar-refractivity contribution in [3.63, 3.8) is 0 Å². The van der Waals surface area contributed by atoms with Gasteiger partial charge in [-0.3, -0.25) is 4.79 Å². The summed E-state index contributed by atoms with van der Waals surface area (Å²) in [6.45, 7) is 5.01. The summed E-state index contributed by atoms with van der Waals surface area (Å²) in [6, 6.07) is 5.93. The molecule has 1 fully saturated rings. The number of carbonyl (C=O) groups excluding carboxylic acids is 1. The van der Waals surface area contributed by atoms with E-state index in [1.165, 1.54) is 5.56 Å². The van der Waals surface area contributed by atoms with E-state index in [9.17, 15) is 9.90 Å². The van der Waals surface area contributed by atoms with Crippen molar-refractivity contribution in [1.29, 1.82) is 0 Å². The second kappa shape index (κ2) is 7.46. The molecule has 0 spiro atoms. The van der Waals surface area contributed by atoms with Crippen molar-refractivity contribution in [2.75, 3.05) is 13.2 Å². The summed E-state index contributed by atoms with van der Waals surface area (Å²) in [5, 5.41) is 12.6. The Morgan fingerprint density at radius 1 is 1.38 bits per heavy atom. The Kier molecular flexibility index (Phi) is 5.62. The molecule has 0 radical (unpaired) electrons. The van der Waals surface area contributed by atoms with Gasteiger partial charge in [0.15, 0.2) is 0 Å². The van der Waals surface area contributed by atoms with Crippen molar-refractivity contribution >= 4 is 5.91 Å². The lowest BCUT2D eigenvalue weighted by Crippen LogP contribution is -2.33. The van der Waals surface area contributed by atoms with Gasteiger partial charge in [-0.05, 0) is 43.9 Å². The van der Waals surface area contributed by atoms with E-state index >= 15 is 0 Å². The van der Waals surface area contributed by atoms with E-state index in [0.717, 1.165) is 30.6 Å². The molecule has 0 aliphatic heterocycles. The maximum absolute atomic E-state index is 11.8. The van der Waals surface area contributed by atoms with Gasteiger partial charge in [0.2, 0.25) is 5.91 Å². The largest absolute Gasteiger partial charge is 0.493 e. The fourth-order valence-electron chi connectivity index (χ4n) is 2.72. The number of hydrogen-bond acceptors (Lipinski definition) is 3. The first-order valence-corrected chi connectivity index (χ1v) is 7.71. The molecule has 0 heterocycles. The second-order valence-electron chi connectivity index (χ2n) is 5.86. The van der Waals surface area contributed by atoms with Crippen LogP contribution in [0.15, 0.2) is 18.2 Å². The molecule has 2 atom stereocenters. The standard InChI is InChI=1S/C17H25NO3/c1-12-5-3-8-16(13(12)2)21-10-9-17(20)18-11-14-6-4-7-15(14)19/h3,5,8,14-15,19H,4,6-7,9-11H2,1-2H3,(H,18,20). The molecule has 21 heavy (non-hydrogen) atoms. The number of carbonyl (C=O) groups is 1. The quantitative estimate of drug-likeness (QED) is 0.846. The summed E-state index contributed by atoms with van der Waals surface area (Å²) in [6.07, 6.45) is 3.00. The third-order valence-corrected chi connectivity index (χ3v) is 4.32. The Hall–Kier alpha value is -1.55. The molecule has 1 aromatic carbocycles. The third kappa shape index (κ3) is 4.46. The van der Waals surface area contributed by atoms with E-state index in [4.69, 9.17) is 4.74 Å². The van der Waals surface area contributed by atoms with E-state index in [-0.39, 0.29) is 17.9 Å². The minimum atomic E-state index is -0.253. The minimum Gasteiger partial charge on any atom is -0.493 e. The van der Waals surface area contributed by atoms with Gasteiger partial charge in [-0.25, -0.2) is 0 Å². The van der Waals surface area contributed by atoms with Gasteiger partial charge in [-0.15, -0.1) is 0 Å². The molecule has 2 unspecified atom stereocenters. The van der Waals surface area contributed by atoms with Crippen LogP contribution in [0.5, 0.6) is 5.75 Å². The van der Waals surface area contributed by atoms with Gasteiger partial charge in [0.05, 0.1) is 19.1 Å². The van der Waals surface area contributed by atoms with E-state index in [0.29, 0.717) is 19.6 Å². The second-order valence-corrected chi connectivity index (χ2v) is 5.86. The number of nitrogens with one attached hydrogen (secondary N) is 1. The van der Waals surface area contributed by atoms with Gasteiger partial charge in [0, 0.05) is 12.5 Å². The molecule has 1 aliphatic rings. The first kappa shape index (κ1) is 15.8. The van der Waals surface area contributed by atoms with Crippen LogP contribution in [0.4, 0.5) is 0 Å². The number of hydrogen-bond donors (Lipinski definition) is 2. The van der Waals surface area contributed by atoms with E-state index in [1.54, 1.807) is 0 Å². The molecule has 2 rings (SSSR count). The Labute approximate surface area is 126 Å². The number of amides is 1. The zero-order valence-corrected chi connectivity index (χ0v) is 12.9. The Morgan fingerprint density at radius 3 is 2.90 bits per heavy atom.